The Kier molecular flexibility index (Phi) is 7.08. The highest BCUT2D eigenvalue weighted by molar-refractivity contribution is 7.92. The molecule has 0 bridgehead atoms. The summed E-state index contributed by atoms with van der Waals surface area (Å²) >= 11 is 1.46. The number of carbonyl (C=O) groups is 1. The minimum atomic E-state index is -3.78. The van der Waals surface area contributed by atoms with E-state index in [0.29, 0.717) is 17.2 Å². The molecule has 0 saturated carbocycles. The zero-order chi connectivity index (χ0) is 27.7. The number of aryl methyl sites for hydroxylation is 2. The molecule has 3 aromatic carbocycles. The molecule has 9 heteroatoms. The van der Waals surface area contributed by atoms with Crippen molar-refractivity contribution in [2.75, 3.05) is 15.7 Å². The van der Waals surface area contributed by atoms with Crippen LogP contribution in [0.3, 0.4) is 0 Å². The van der Waals surface area contributed by atoms with Crippen molar-refractivity contribution in [3.8, 4) is 0 Å². The van der Waals surface area contributed by atoms with E-state index in [1.165, 1.54) is 27.8 Å². The number of fused-ring (bicyclic) bond motifs is 2. The summed E-state index contributed by atoms with van der Waals surface area (Å²) in [5, 5.41) is 0.577. The highest BCUT2D eigenvalue weighted by atomic mass is 32.2. The maximum Gasteiger partial charge on any atom is 0.264 e. The van der Waals surface area contributed by atoms with E-state index in [2.05, 4.69) is 18.0 Å². The molecule has 0 aliphatic carbocycles. The van der Waals surface area contributed by atoms with Crippen molar-refractivity contribution in [2.45, 2.75) is 37.6 Å². The third kappa shape index (κ3) is 4.87. The van der Waals surface area contributed by atoms with Gasteiger partial charge >= 0.3 is 0 Å². The maximum atomic E-state index is 13.9. The Morgan fingerprint density at radius 1 is 0.975 bits per heavy atom. The Morgan fingerprint density at radius 2 is 1.77 bits per heavy atom. The predicted octanol–water partition coefficient (Wildman–Crippen LogP) is 6.24. The summed E-state index contributed by atoms with van der Waals surface area (Å²) in [7, 11) is -3.78. The Labute approximate surface area is 237 Å². The molecule has 1 amide bonds. The van der Waals surface area contributed by atoms with Crippen molar-refractivity contribution in [1.82, 2.24) is 9.97 Å². The highest BCUT2D eigenvalue weighted by Gasteiger charge is 2.29. The number of hydrogen-bond acceptors (Lipinski definition) is 6. The lowest BCUT2D eigenvalue weighted by atomic mass is 10.0. The van der Waals surface area contributed by atoms with E-state index < -0.39 is 10.0 Å². The molecule has 7 nitrogen and oxygen atoms in total. The van der Waals surface area contributed by atoms with Gasteiger partial charge in [-0.25, -0.2) is 13.4 Å². The standard InChI is InChI=1S/C31H28N4O3S2/c1-2-22-10-7-14-28-29(22)33-31(39-28)34(21-25-12-5-6-19-32-25)30(36)24-15-17-26(18-16-24)40(37,38)35-20-8-11-23-9-3-4-13-27(23)35/h3-7,9-10,12-19H,2,8,11,20-21H2,1H3. The largest absolute Gasteiger partial charge is 0.278 e. The molecule has 0 atom stereocenters. The van der Waals surface area contributed by atoms with E-state index in [0.717, 1.165) is 52.0 Å². The quantitative estimate of drug-likeness (QED) is 0.232. The predicted molar refractivity (Wildman–Crippen MR) is 159 cm³/mol. The number of carbonyl (C=O) groups excluding carboxylic acids is 1. The van der Waals surface area contributed by atoms with Gasteiger partial charge in [0.15, 0.2) is 5.13 Å². The van der Waals surface area contributed by atoms with E-state index >= 15 is 0 Å². The summed E-state index contributed by atoms with van der Waals surface area (Å²) in [4.78, 5) is 25.0. The van der Waals surface area contributed by atoms with Gasteiger partial charge in [-0.1, -0.05) is 54.7 Å². The van der Waals surface area contributed by atoms with E-state index in [1.807, 2.05) is 54.6 Å². The molecule has 40 heavy (non-hydrogen) atoms. The van der Waals surface area contributed by atoms with Crippen LogP contribution in [0.2, 0.25) is 0 Å². The average Bonchev–Trinajstić information content (AvgIpc) is 3.44. The number of aromatic nitrogens is 2. The van der Waals surface area contributed by atoms with Gasteiger partial charge in [-0.05, 0) is 78.9 Å². The summed E-state index contributed by atoms with van der Waals surface area (Å²) in [6.07, 6.45) is 4.15. The molecule has 0 saturated heterocycles. The first-order valence-corrected chi connectivity index (χ1v) is 15.5. The molecule has 5 aromatic rings. The molecular weight excluding hydrogens is 541 g/mol. The van der Waals surface area contributed by atoms with Crippen molar-refractivity contribution < 1.29 is 13.2 Å². The fraction of sp³-hybridized carbons (Fsp3) is 0.194. The Hall–Kier alpha value is -4.08. The molecule has 0 N–H and O–H groups in total. The van der Waals surface area contributed by atoms with Crippen LogP contribution in [-0.4, -0.2) is 30.8 Å². The number of amides is 1. The van der Waals surface area contributed by atoms with Crippen LogP contribution in [0.4, 0.5) is 10.8 Å². The summed E-state index contributed by atoms with van der Waals surface area (Å²) in [6, 6.07) is 25.5. The van der Waals surface area contributed by atoms with E-state index in [9.17, 15) is 13.2 Å². The van der Waals surface area contributed by atoms with Crippen molar-refractivity contribution in [2.24, 2.45) is 0 Å². The number of hydrogen-bond donors (Lipinski definition) is 0. The van der Waals surface area contributed by atoms with E-state index in [4.69, 9.17) is 4.98 Å². The number of pyridine rings is 1. The molecule has 1 aliphatic rings. The summed E-state index contributed by atoms with van der Waals surface area (Å²) in [5.74, 6) is -0.268. The Balaban J connectivity index is 1.34. The van der Waals surface area contributed by atoms with Gasteiger partial charge in [-0.15, -0.1) is 0 Å². The van der Waals surface area contributed by atoms with Crippen molar-refractivity contribution in [1.29, 1.82) is 0 Å². The molecule has 6 rings (SSSR count). The second-order valence-electron chi connectivity index (χ2n) is 9.66. The Bertz CT molecular complexity index is 1780. The van der Waals surface area contributed by atoms with Gasteiger partial charge in [0.1, 0.15) is 0 Å². The normalized spacial score (nSPS) is 13.3. The molecule has 0 spiro atoms. The van der Waals surface area contributed by atoms with Crippen LogP contribution in [0.5, 0.6) is 0 Å². The highest BCUT2D eigenvalue weighted by Crippen LogP contribution is 2.34. The molecule has 3 heterocycles. The first-order valence-electron chi connectivity index (χ1n) is 13.3. The van der Waals surface area contributed by atoms with Crippen LogP contribution in [0, 0.1) is 0 Å². The fourth-order valence-electron chi connectivity index (χ4n) is 5.08. The second kappa shape index (κ2) is 10.8. The zero-order valence-corrected chi connectivity index (χ0v) is 23.7. The maximum absolute atomic E-state index is 13.9. The monoisotopic (exact) mass is 568 g/mol. The molecule has 0 radical (unpaired) electrons. The molecule has 1 aliphatic heterocycles. The van der Waals surface area contributed by atoms with Gasteiger partial charge in [-0.2, -0.15) is 0 Å². The SMILES string of the molecule is CCc1cccc2sc(N(Cc3ccccn3)C(=O)c3ccc(S(=O)(=O)N4CCCc5ccccc54)cc3)nc12. The number of sulfonamides is 1. The lowest BCUT2D eigenvalue weighted by Gasteiger charge is -2.30. The van der Waals surface area contributed by atoms with Crippen LogP contribution in [0.1, 0.15) is 40.5 Å². The van der Waals surface area contributed by atoms with Gasteiger partial charge in [0, 0.05) is 18.3 Å². The number of benzene rings is 3. The van der Waals surface area contributed by atoms with Gasteiger partial charge in [-0.3, -0.25) is 19.0 Å². The van der Waals surface area contributed by atoms with Crippen LogP contribution >= 0.6 is 11.3 Å². The number of rotatable bonds is 7. The number of nitrogens with zero attached hydrogens (tertiary/aromatic N) is 4. The summed E-state index contributed by atoms with van der Waals surface area (Å²) in [6.45, 7) is 2.75. The van der Waals surface area contributed by atoms with Crippen molar-refractivity contribution in [3.63, 3.8) is 0 Å². The van der Waals surface area contributed by atoms with E-state index in [1.54, 1.807) is 23.2 Å². The van der Waals surface area contributed by atoms with Crippen LogP contribution in [-0.2, 0) is 29.4 Å². The van der Waals surface area contributed by atoms with Crippen molar-refractivity contribution in [3.05, 3.63) is 114 Å². The van der Waals surface area contributed by atoms with Crippen LogP contribution in [0.15, 0.2) is 96.0 Å². The fourth-order valence-corrected chi connectivity index (χ4v) is 7.63. The van der Waals surface area contributed by atoms with Gasteiger partial charge in [0.2, 0.25) is 0 Å². The molecular formula is C31H28N4O3S2. The average molecular weight is 569 g/mol. The molecule has 0 fully saturated rings. The van der Waals surface area contributed by atoms with Crippen LogP contribution < -0.4 is 9.21 Å². The first kappa shape index (κ1) is 26.2. The molecule has 202 valence electrons. The summed E-state index contributed by atoms with van der Waals surface area (Å²) < 4.78 is 29.7. The lowest BCUT2D eigenvalue weighted by molar-refractivity contribution is 0.0984. The number of para-hydroxylation sites is 2. The number of thiazole rings is 1. The van der Waals surface area contributed by atoms with Gasteiger partial charge in [0.25, 0.3) is 15.9 Å². The minimum Gasteiger partial charge on any atom is -0.278 e. The first-order chi connectivity index (χ1) is 19.5. The topological polar surface area (TPSA) is 83.5 Å². The third-order valence-electron chi connectivity index (χ3n) is 7.15. The van der Waals surface area contributed by atoms with Crippen LogP contribution in [0.25, 0.3) is 10.2 Å². The number of anilines is 2. The van der Waals surface area contributed by atoms with Gasteiger partial charge < -0.3 is 0 Å². The van der Waals surface area contributed by atoms with Crippen molar-refractivity contribution >= 4 is 48.3 Å². The zero-order valence-electron chi connectivity index (χ0n) is 22.0. The lowest BCUT2D eigenvalue weighted by Crippen LogP contribution is -2.35. The van der Waals surface area contributed by atoms with Gasteiger partial charge in [0.05, 0.1) is 33.0 Å². The third-order valence-corrected chi connectivity index (χ3v) is 10.0. The second-order valence-corrected chi connectivity index (χ2v) is 12.5. The molecule has 2 aromatic heterocycles. The minimum absolute atomic E-state index is 0.157. The smallest absolute Gasteiger partial charge is 0.264 e. The molecule has 0 unspecified atom stereocenters. The Morgan fingerprint density at radius 3 is 2.55 bits per heavy atom. The van der Waals surface area contributed by atoms with E-state index in [-0.39, 0.29) is 17.3 Å². The summed E-state index contributed by atoms with van der Waals surface area (Å²) in [5.41, 5.74) is 4.87.